The van der Waals surface area contributed by atoms with Gasteiger partial charge in [0.25, 0.3) is 0 Å². The number of β-lactam (4-membered cyclic amide) rings is 1. The Morgan fingerprint density at radius 3 is 2.96 bits per heavy atom. The third-order valence-corrected chi connectivity index (χ3v) is 6.69. The first kappa shape index (κ1) is 20.4. The maximum absolute atomic E-state index is 13.4. The van der Waals surface area contributed by atoms with Crippen molar-refractivity contribution in [1.82, 2.24) is 4.90 Å². The molecule has 28 heavy (non-hydrogen) atoms. The van der Waals surface area contributed by atoms with Gasteiger partial charge in [0.1, 0.15) is 29.3 Å². The molecular formula is C19H23FN2O5S. The molecule has 2 aliphatic heterocycles. The number of hydrogen-bond acceptors (Lipinski definition) is 5. The molecule has 152 valence electrons. The Bertz CT molecular complexity index is 764. The van der Waals surface area contributed by atoms with Crippen LogP contribution in [0.3, 0.4) is 0 Å². The summed E-state index contributed by atoms with van der Waals surface area (Å²) in [4.78, 5) is 38.6. The molecule has 9 heteroatoms. The summed E-state index contributed by atoms with van der Waals surface area (Å²) in [6, 6.07) is 6.22. The Morgan fingerprint density at radius 2 is 2.32 bits per heavy atom. The van der Waals surface area contributed by atoms with Crippen LogP contribution >= 0.6 is 11.8 Å². The topological polar surface area (TPSA) is 87.2 Å². The van der Waals surface area contributed by atoms with Gasteiger partial charge in [-0.05, 0) is 18.6 Å². The van der Waals surface area contributed by atoms with E-state index in [4.69, 9.17) is 4.74 Å². The number of carbonyl (C=O) groups excluding carboxylic acids is 2. The Hall–Kier alpha value is -2.29. The summed E-state index contributed by atoms with van der Waals surface area (Å²) in [6.07, 6.45) is 2.51. The first-order valence-electron chi connectivity index (χ1n) is 9.15. The molecule has 0 aliphatic carbocycles. The minimum absolute atomic E-state index is 0.0522. The van der Waals surface area contributed by atoms with Crippen LogP contribution in [0.15, 0.2) is 24.3 Å². The fourth-order valence-corrected chi connectivity index (χ4v) is 4.92. The monoisotopic (exact) mass is 410 g/mol. The van der Waals surface area contributed by atoms with Crippen LogP contribution in [-0.4, -0.2) is 65.3 Å². The lowest BCUT2D eigenvalue weighted by molar-refractivity contribution is -0.158. The summed E-state index contributed by atoms with van der Waals surface area (Å²) in [6.45, 7) is 1.41. The van der Waals surface area contributed by atoms with Crippen LogP contribution in [-0.2, 0) is 14.4 Å². The van der Waals surface area contributed by atoms with E-state index < -0.39 is 24.1 Å². The summed E-state index contributed by atoms with van der Waals surface area (Å²) in [7, 11) is 0. The number of benzene rings is 1. The summed E-state index contributed by atoms with van der Waals surface area (Å²) >= 11 is 1.20. The number of amides is 2. The van der Waals surface area contributed by atoms with E-state index in [0.717, 1.165) is 12.8 Å². The van der Waals surface area contributed by atoms with E-state index in [-0.39, 0.29) is 23.6 Å². The Kier molecular flexibility index (Phi) is 6.12. The van der Waals surface area contributed by atoms with Gasteiger partial charge in [0.2, 0.25) is 12.3 Å². The minimum Gasteiger partial charge on any atom is -0.494 e. The first-order valence-corrected chi connectivity index (χ1v) is 10.2. The average molecular weight is 410 g/mol. The predicted molar refractivity (Wildman–Crippen MR) is 103 cm³/mol. The van der Waals surface area contributed by atoms with Crippen LogP contribution in [0.5, 0.6) is 5.75 Å². The molecule has 0 saturated carbocycles. The van der Waals surface area contributed by atoms with Gasteiger partial charge >= 0.3 is 5.97 Å². The smallest absolute Gasteiger partial charge is 0.314 e. The molecule has 1 aromatic rings. The van der Waals surface area contributed by atoms with E-state index in [2.05, 4.69) is 6.92 Å². The number of halogens is 1. The number of carbonyl (C=O) groups is 3. The zero-order valence-corrected chi connectivity index (χ0v) is 16.4. The minimum atomic E-state index is -1.58. The summed E-state index contributed by atoms with van der Waals surface area (Å²) in [5.74, 6) is -0.960. The van der Waals surface area contributed by atoms with E-state index >= 15 is 0 Å². The quantitative estimate of drug-likeness (QED) is 0.381. The van der Waals surface area contributed by atoms with Gasteiger partial charge in [-0.3, -0.25) is 19.3 Å². The van der Waals surface area contributed by atoms with Gasteiger partial charge in [-0.15, -0.1) is 11.8 Å². The molecule has 7 nitrogen and oxygen atoms in total. The number of carboxylic acid groups (broad SMARTS) is 1. The molecule has 3 atom stereocenters. The number of anilines is 1. The highest BCUT2D eigenvalue weighted by Gasteiger charge is 2.59. The van der Waals surface area contributed by atoms with Crippen LogP contribution in [0.25, 0.3) is 0 Å². The van der Waals surface area contributed by atoms with Crippen molar-refractivity contribution < 1.29 is 28.6 Å². The van der Waals surface area contributed by atoms with E-state index in [1.807, 2.05) is 0 Å². The fraction of sp³-hybridized carbons (Fsp3) is 0.526. The maximum atomic E-state index is 13.4. The summed E-state index contributed by atoms with van der Waals surface area (Å²) < 4.78 is 19.0. The molecule has 0 bridgehead atoms. The molecule has 1 N–H and O–H groups in total. The molecule has 1 aromatic carbocycles. The van der Waals surface area contributed by atoms with Gasteiger partial charge in [0, 0.05) is 24.1 Å². The number of thioether (sulfide) groups is 1. The largest absolute Gasteiger partial charge is 0.494 e. The summed E-state index contributed by atoms with van der Waals surface area (Å²) in [5.41, 5.74) is -1.05. The highest BCUT2D eigenvalue weighted by Crippen LogP contribution is 2.44. The normalized spacial score (nSPS) is 26.2. The Morgan fingerprint density at radius 1 is 1.54 bits per heavy atom. The van der Waals surface area contributed by atoms with Crippen LogP contribution < -0.4 is 9.64 Å². The van der Waals surface area contributed by atoms with Gasteiger partial charge in [0.15, 0.2) is 0 Å². The first-order chi connectivity index (χ1) is 13.5. The van der Waals surface area contributed by atoms with E-state index in [0.29, 0.717) is 24.5 Å². The maximum Gasteiger partial charge on any atom is 0.314 e. The van der Waals surface area contributed by atoms with Crippen molar-refractivity contribution in [3.8, 4) is 5.75 Å². The lowest BCUT2D eigenvalue weighted by Gasteiger charge is -2.55. The predicted octanol–water partition coefficient (Wildman–Crippen LogP) is 2.15. The van der Waals surface area contributed by atoms with Crippen molar-refractivity contribution in [1.29, 1.82) is 0 Å². The molecule has 2 aliphatic rings. The van der Waals surface area contributed by atoms with Crippen LogP contribution in [0.2, 0.25) is 0 Å². The van der Waals surface area contributed by atoms with Crippen LogP contribution in [0, 0.1) is 5.41 Å². The molecule has 3 rings (SSSR count). The third kappa shape index (κ3) is 3.55. The number of aliphatic carboxylic acids is 1. The second kappa shape index (κ2) is 8.38. The van der Waals surface area contributed by atoms with Crippen molar-refractivity contribution in [2.24, 2.45) is 5.41 Å². The van der Waals surface area contributed by atoms with Crippen molar-refractivity contribution in [3.63, 3.8) is 0 Å². The Balaban J connectivity index is 1.75. The van der Waals surface area contributed by atoms with E-state index in [1.54, 1.807) is 24.3 Å². The van der Waals surface area contributed by atoms with Gasteiger partial charge in [-0.25, -0.2) is 4.39 Å². The van der Waals surface area contributed by atoms with Gasteiger partial charge in [-0.2, -0.15) is 0 Å². The standard InChI is InChI=1S/C19H23FN2O5S/c1-2-3-7-27-14-6-4-5-13(8-14)22(12-23)15-16(24)21-10-19(9-20,18(25)26)11-28-17(15)21/h4-6,8,12,15,17H,2-3,7,9-11H2,1H3,(H,25,26)/t15?,17-,19?/m1/s1. The molecule has 2 unspecified atom stereocenters. The van der Waals surface area contributed by atoms with E-state index in [1.165, 1.54) is 21.6 Å². The third-order valence-electron chi connectivity index (χ3n) is 5.12. The highest BCUT2D eigenvalue weighted by molar-refractivity contribution is 8.00. The van der Waals surface area contributed by atoms with Crippen LogP contribution in [0.1, 0.15) is 19.8 Å². The van der Waals surface area contributed by atoms with Crippen LogP contribution in [0.4, 0.5) is 10.1 Å². The molecule has 0 aromatic heterocycles. The van der Waals surface area contributed by atoms with Crippen molar-refractivity contribution >= 4 is 35.7 Å². The number of fused-ring (bicyclic) bond motifs is 1. The fourth-order valence-electron chi connectivity index (χ4n) is 3.35. The molecule has 0 radical (unpaired) electrons. The van der Waals surface area contributed by atoms with Gasteiger partial charge in [0.05, 0.1) is 6.61 Å². The second-order valence-corrected chi connectivity index (χ2v) is 8.15. The molecule has 2 saturated heterocycles. The van der Waals surface area contributed by atoms with Gasteiger partial charge in [-0.1, -0.05) is 19.4 Å². The number of carboxylic acids is 1. The second-order valence-electron chi connectivity index (χ2n) is 7.04. The van der Waals surface area contributed by atoms with Gasteiger partial charge < -0.3 is 14.7 Å². The highest BCUT2D eigenvalue weighted by atomic mass is 32.2. The molecule has 2 fully saturated rings. The number of unbranched alkanes of at least 4 members (excludes halogenated alkanes) is 1. The van der Waals surface area contributed by atoms with Crippen molar-refractivity contribution in [2.75, 3.05) is 30.5 Å². The summed E-state index contributed by atoms with van der Waals surface area (Å²) in [5, 5.41) is 8.96. The lowest BCUT2D eigenvalue weighted by Crippen LogP contribution is -2.74. The number of alkyl halides is 1. The molecular weight excluding hydrogens is 387 g/mol. The number of nitrogens with zero attached hydrogens (tertiary/aromatic N) is 2. The zero-order valence-electron chi connectivity index (χ0n) is 15.5. The van der Waals surface area contributed by atoms with Crippen molar-refractivity contribution in [3.05, 3.63) is 24.3 Å². The zero-order chi connectivity index (χ0) is 20.3. The number of rotatable bonds is 9. The van der Waals surface area contributed by atoms with Crippen molar-refractivity contribution in [2.45, 2.75) is 31.2 Å². The number of ether oxygens (including phenoxy) is 1. The molecule has 2 amide bonds. The SMILES string of the molecule is CCCCOc1cccc(N(C=O)C2C(=O)N3CC(CF)(C(=O)O)CS[C@H]23)c1. The molecule has 2 heterocycles. The lowest BCUT2D eigenvalue weighted by atomic mass is 9.88. The average Bonchev–Trinajstić information content (AvgIpc) is 2.71. The number of hydrogen-bond donors (Lipinski definition) is 1. The molecule has 0 spiro atoms. The Labute approximate surface area is 166 Å². The van der Waals surface area contributed by atoms with E-state index in [9.17, 15) is 23.9 Å².